The Labute approximate surface area is 119 Å². The van der Waals surface area contributed by atoms with E-state index in [0.29, 0.717) is 11.4 Å². The lowest BCUT2D eigenvalue weighted by Crippen LogP contribution is -2.08. The third-order valence-corrected chi connectivity index (χ3v) is 2.80. The minimum atomic E-state index is -1.07. The maximum absolute atomic E-state index is 11.0. The number of nitrogens with zero attached hydrogens (tertiary/aromatic N) is 2. The van der Waals surface area contributed by atoms with E-state index in [4.69, 9.17) is 10.2 Å². The quantitative estimate of drug-likeness (QED) is 0.646. The van der Waals surface area contributed by atoms with Crippen molar-refractivity contribution in [1.82, 2.24) is 0 Å². The summed E-state index contributed by atoms with van der Waals surface area (Å²) in [5.74, 6) is -2.14. The lowest BCUT2D eigenvalue weighted by atomic mass is 10.1. The SMILES string of the molecule is O=NN(c1ccc(C(=O)O)cc1)c1ccc(C(=O)O)cc1. The number of carbonyl (C=O) groups is 2. The number of hydrogen-bond donors (Lipinski definition) is 2. The van der Waals surface area contributed by atoms with Crippen LogP contribution in [0.25, 0.3) is 0 Å². The van der Waals surface area contributed by atoms with Gasteiger partial charge in [0.25, 0.3) is 0 Å². The molecule has 0 spiro atoms. The molecule has 0 bridgehead atoms. The number of benzene rings is 2. The normalized spacial score (nSPS) is 9.90. The lowest BCUT2D eigenvalue weighted by Gasteiger charge is -2.15. The molecule has 0 aliphatic rings. The average Bonchev–Trinajstić information content (AvgIpc) is 2.49. The summed E-state index contributed by atoms with van der Waals surface area (Å²) in [6.07, 6.45) is 0. The van der Waals surface area contributed by atoms with Crippen molar-refractivity contribution in [3.05, 3.63) is 64.6 Å². The van der Waals surface area contributed by atoms with Crippen molar-refractivity contribution in [3.8, 4) is 0 Å². The molecule has 2 aromatic rings. The third kappa shape index (κ3) is 3.03. The van der Waals surface area contributed by atoms with Gasteiger partial charge in [0.1, 0.15) is 0 Å². The number of aromatic carboxylic acids is 2. The molecule has 0 heterocycles. The summed E-state index contributed by atoms with van der Waals surface area (Å²) in [4.78, 5) is 32.5. The van der Waals surface area contributed by atoms with Crippen LogP contribution in [-0.4, -0.2) is 22.2 Å². The first-order valence-corrected chi connectivity index (χ1v) is 5.83. The highest BCUT2D eigenvalue weighted by atomic mass is 16.4. The van der Waals surface area contributed by atoms with E-state index in [-0.39, 0.29) is 11.1 Å². The van der Waals surface area contributed by atoms with Gasteiger partial charge in [-0.2, -0.15) is 5.01 Å². The number of hydrogen-bond acceptors (Lipinski definition) is 4. The zero-order chi connectivity index (χ0) is 15.4. The van der Waals surface area contributed by atoms with Gasteiger partial charge in [-0.1, -0.05) is 0 Å². The van der Waals surface area contributed by atoms with Gasteiger partial charge in [-0.3, -0.25) is 0 Å². The molecule has 0 aliphatic heterocycles. The Morgan fingerprint density at radius 2 is 1.10 bits per heavy atom. The molecule has 106 valence electrons. The van der Waals surface area contributed by atoms with Gasteiger partial charge < -0.3 is 10.2 Å². The molecule has 2 aromatic carbocycles. The van der Waals surface area contributed by atoms with Gasteiger partial charge in [0.05, 0.1) is 27.8 Å². The fraction of sp³-hybridized carbons (Fsp3) is 0. The zero-order valence-corrected chi connectivity index (χ0v) is 10.6. The van der Waals surface area contributed by atoms with Crippen molar-refractivity contribution in [3.63, 3.8) is 0 Å². The van der Waals surface area contributed by atoms with Crippen LogP contribution >= 0.6 is 0 Å². The molecule has 0 saturated heterocycles. The summed E-state index contributed by atoms with van der Waals surface area (Å²) in [6, 6.07) is 11.2. The van der Waals surface area contributed by atoms with Crippen LogP contribution in [0.4, 0.5) is 11.4 Å². The van der Waals surface area contributed by atoms with Crippen LogP contribution in [0.1, 0.15) is 20.7 Å². The van der Waals surface area contributed by atoms with Crippen molar-refractivity contribution in [2.24, 2.45) is 5.29 Å². The molecule has 2 rings (SSSR count). The second-order valence-corrected chi connectivity index (χ2v) is 4.10. The Bertz CT molecular complexity index is 622. The molecular formula is C14H10N2O5. The van der Waals surface area contributed by atoms with Crippen LogP contribution < -0.4 is 5.01 Å². The molecule has 0 saturated carbocycles. The maximum Gasteiger partial charge on any atom is 0.335 e. The number of carboxylic acid groups (broad SMARTS) is 2. The summed E-state index contributed by atoms with van der Waals surface area (Å²) in [5.41, 5.74) is 0.924. The van der Waals surface area contributed by atoms with Gasteiger partial charge >= 0.3 is 11.9 Å². The highest BCUT2D eigenvalue weighted by molar-refractivity contribution is 5.89. The van der Waals surface area contributed by atoms with Crippen LogP contribution in [0.15, 0.2) is 53.8 Å². The number of rotatable bonds is 5. The summed E-state index contributed by atoms with van der Waals surface area (Å²) in [5, 5.41) is 21.5. The van der Waals surface area contributed by atoms with Gasteiger partial charge in [0, 0.05) is 0 Å². The second-order valence-electron chi connectivity index (χ2n) is 4.10. The Morgan fingerprint density at radius 3 is 1.33 bits per heavy atom. The van der Waals surface area contributed by atoms with Crippen LogP contribution in [-0.2, 0) is 0 Å². The second kappa shape index (κ2) is 5.83. The van der Waals surface area contributed by atoms with E-state index in [1.54, 1.807) is 0 Å². The minimum absolute atomic E-state index is 0.0887. The van der Waals surface area contributed by atoms with Crippen molar-refractivity contribution in [1.29, 1.82) is 0 Å². The third-order valence-electron chi connectivity index (χ3n) is 2.80. The summed E-state index contributed by atoms with van der Waals surface area (Å²) in [6.45, 7) is 0. The van der Waals surface area contributed by atoms with Crippen LogP contribution in [0.3, 0.4) is 0 Å². The number of nitroso groups, excluding NO2 is 1. The predicted molar refractivity (Wildman–Crippen MR) is 74.7 cm³/mol. The Balaban J connectivity index is 2.32. The molecule has 7 heteroatoms. The van der Waals surface area contributed by atoms with E-state index in [1.165, 1.54) is 48.5 Å². The lowest BCUT2D eigenvalue weighted by molar-refractivity contribution is 0.0686. The summed E-state index contributed by atoms with van der Waals surface area (Å²) in [7, 11) is 0. The van der Waals surface area contributed by atoms with Crippen LogP contribution in [0, 0.1) is 4.91 Å². The summed E-state index contributed by atoms with van der Waals surface area (Å²) < 4.78 is 0. The average molecular weight is 286 g/mol. The molecule has 0 radical (unpaired) electrons. The molecular weight excluding hydrogens is 276 g/mol. The van der Waals surface area contributed by atoms with E-state index in [2.05, 4.69) is 5.29 Å². The van der Waals surface area contributed by atoms with Crippen LogP contribution in [0.2, 0.25) is 0 Å². The zero-order valence-electron chi connectivity index (χ0n) is 10.6. The topological polar surface area (TPSA) is 107 Å². The van der Waals surface area contributed by atoms with Gasteiger partial charge in [0.2, 0.25) is 0 Å². The van der Waals surface area contributed by atoms with Crippen LogP contribution in [0.5, 0.6) is 0 Å². The van der Waals surface area contributed by atoms with E-state index in [9.17, 15) is 14.5 Å². The molecule has 0 atom stereocenters. The van der Waals surface area contributed by atoms with Gasteiger partial charge in [0.15, 0.2) is 0 Å². The Hall–Kier alpha value is -3.22. The highest BCUT2D eigenvalue weighted by Crippen LogP contribution is 2.26. The molecule has 21 heavy (non-hydrogen) atoms. The highest BCUT2D eigenvalue weighted by Gasteiger charge is 2.12. The first-order valence-electron chi connectivity index (χ1n) is 5.83. The van der Waals surface area contributed by atoms with Crippen molar-refractivity contribution >= 4 is 23.3 Å². The van der Waals surface area contributed by atoms with Gasteiger partial charge in [-0.15, -0.1) is 4.91 Å². The van der Waals surface area contributed by atoms with E-state index in [0.717, 1.165) is 5.01 Å². The van der Waals surface area contributed by atoms with E-state index >= 15 is 0 Å². The summed E-state index contributed by atoms with van der Waals surface area (Å²) >= 11 is 0. The molecule has 0 unspecified atom stereocenters. The first kappa shape index (κ1) is 14.2. The van der Waals surface area contributed by atoms with E-state index in [1.807, 2.05) is 0 Å². The monoisotopic (exact) mass is 286 g/mol. The minimum Gasteiger partial charge on any atom is -0.478 e. The smallest absolute Gasteiger partial charge is 0.335 e. The number of anilines is 2. The van der Waals surface area contributed by atoms with E-state index < -0.39 is 11.9 Å². The largest absolute Gasteiger partial charge is 0.478 e. The molecule has 0 aliphatic carbocycles. The van der Waals surface area contributed by atoms with Gasteiger partial charge in [-0.25, -0.2) is 9.59 Å². The molecule has 2 N–H and O–H groups in total. The predicted octanol–water partition coefficient (Wildman–Crippen LogP) is 2.90. The maximum atomic E-state index is 11.0. The number of carboxylic acids is 2. The van der Waals surface area contributed by atoms with Crippen molar-refractivity contribution < 1.29 is 19.8 Å². The Morgan fingerprint density at radius 1 is 0.762 bits per heavy atom. The fourth-order valence-corrected chi connectivity index (χ4v) is 1.73. The van der Waals surface area contributed by atoms with Gasteiger partial charge in [-0.05, 0) is 48.5 Å². The molecule has 0 aromatic heterocycles. The molecule has 7 nitrogen and oxygen atoms in total. The standard InChI is InChI=1S/C14H10N2O5/c17-13(18)9-1-5-11(6-2-9)16(15-21)12-7-3-10(4-8-12)14(19)20/h1-8H,(H,17,18)(H,19,20). The first-order chi connectivity index (χ1) is 10.0. The molecule has 0 fully saturated rings. The van der Waals surface area contributed by atoms with Crippen molar-refractivity contribution in [2.45, 2.75) is 0 Å². The molecule has 0 amide bonds. The fourth-order valence-electron chi connectivity index (χ4n) is 1.73. The Kier molecular flexibility index (Phi) is 3.94. The van der Waals surface area contributed by atoms with Crippen molar-refractivity contribution in [2.75, 3.05) is 5.01 Å².